The third-order valence-corrected chi connectivity index (χ3v) is 3.18. The molecular weight excluding hydrogens is 266 g/mol. The first kappa shape index (κ1) is 14.1. The molecule has 0 spiro atoms. The lowest BCUT2D eigenvalue weighted by atomic mass is 10.2. The van der Waals surface area contributed by atoms with Gasteiger partial charge in [-0.3, -0.25) is 4.79 Å². The van der Waals surface area contributed by atoms with Gasteiger partial charge in [0.2, 0.25) is 0 Å². The summed E-state index contributed by atoms with van der Waals surface area (Å²) in [6.07, 6.45) is 2.66. The average Bonchev–Trinajstić information content (AvgIpc) is 3.13. The number of methoxy groups -OCH3 is 1. The summed E-state index contributed by atoms with van der Waals surface area (Å²) in [7, 11) is 1.22. The van der Waals surface area contributed by atoms with E-state index in [1.807, 2.05) is 0 Å². The molecule has 7 nitrogen and oxygen atoms in total. The minimum atomic E-state index is -1.08. The van der Waals surface area contributed by atoms with Crippen molar-refractivity contribution in [3.8, 4) is 0 Å². The first-order chi connectivity index (χ1) is 9.45. The molecule has 1 amide bonds. The van der Waals surface area contributed by atoms with E-state index in [0.29, 0.717) is 0 Å². The second kappa shape index (κ2) is 5.36. The molecule has 108 valence electrons. The van der Waals surface area contributed by atoms with E-state index in [1.54, 1.807) is 0 Å². The van der Waals surface area contributed by atoms with Crippen molar-refractivity contribution in [1.29, 1.82) is 0 Å². The number of aliphatic carboxylic acids is 1. The van der Waals surface area contributed by atoms with Gasteiger partial charge in [0.25, 0.3) is 5.91 Å². The molecule has 1 aromatic rings. The van der Waals surface area contributed by atoms with Crippen LogP contribution in [0, 0.1) is 0 Å². The zero-order valence-corrected chi connectivity index (χ0v) is 11.2. The Kier molecular flexibility index (Phi) is 3.78. The fourth-order valence-corrected chi connectivity index (χ4v) is 1.93. The van der Waals surface area contributed by atoms with Gasteiger partial charge < -0.3 is 19.2 Å². The zero-order chi connectivity index (χ0) is 14.9. The molecule has 0 saturated heterocycles. The maximum atomic E-state index is 12.3. The van der Waals surface area contributed by atoms with Crippen LogP contribution in [-0.4, -0.2) is 47.0 Å². The number of hydrogen-bond donors (Lipinski definition) is 1. The smallest absolute Gasteiger partial charge is 0.341 e. The minimum absolute atomic E-state index is 0.0644. The quantitative estimate of drug-likeness (QED) is 0.813. The van der Waals surface area contributed by atoms with Crippen LogP contribution in [0.2, 0.25) is 0 Å². The van der Waals surface area contributed by atoms with Crippen molar-refractivity contribution in [2.75, 3.05) is 7.11 Å². The first-order valence-corrected chi connectivity index (χ1v) is 6.18. The van der Waals surface area contributed by atoms with Gasteiger partial charge in [-0.15, -0.1) is 0 Å². The van der Waals surface area contributed by atoms with E-state index in [2.05, 4.69) is 4.74 Å². The molecule has 1 saturated carbocycles. The SMILES string of the molecule is COC(=O)c1coc(C(=O)N(C2CC2)C(C)C(=O)O)c1. The molecular formula is C13H15NO6. The summed E-state index contributed by atoms with van der Waals surface area (Å²) in [5, 5.41) is 9.06. The van der Waals surface area contributed by atoms with Gasteiger partial charge in [-0.2, -0.15) is 0 Å². The van der Waals surface area contributed by atoms with Crippen LogP contribution in [0.5, 0.6) is 0 Å². The zero-order valence-electron chi connectivity index (χ0n) is 11.2. The van der Waals surface area contributed by atoms with Gasteiger partial charge in [-0.1, -0.05) is 0 Å². The molecule has 20 heavy (non-hydrogen) atoms. The lowest BCUT2D eigenvalue weighted by molar-refractivity contribution is -0.141. The van der Waals surface area contributed by atoms with E-state index in [0.717, 1.165) is 19.1 Å². The molecule has 1 atom stereocenters. The van der Waals surface area contributed by atoms with E-state index in [4.69, 9.17) is 9.52 Å². The molecule has 1 heterocycles. The Bertz CT molecular complexity index is 545. The number of furan rings is 1. The van der Waals surface area contributed by atoms with Crippen molar-refractivity contribution >= 4 is 17.8 Å². The number of carboxylic acid groups (broad SMARTS) is 1. The number of carbonyl (C=O) groups excluding carboxylic acids is 2. The van der Waals surface area contributed by atoms with E-state index in [9.17, 15) is 14.4 Å². The maximum absolute atomic E-state index is 12.3. The van der Waals surface area contributed by atoms with Crippen LogP contribution in [0.15, 0.2) is 16.7 Å². The van der Waals surface area contributed by atoms with Gasteiger partial charge >= 0.3 is 11.9 Å². The molecule has 0 aliphatic heterocycles. The standard InChI is InChI=1S/C13H15NO6/c1-7(12(16)17)14(9-3-4-9)11(15)10-5-8(6-20-10)13(18)19-2/h5-7,9H,3-4H2,1-2H3,(H,16,17). The number of nitrogens with zero attached hydrogens (tertiary/aromatic N) is 1. The van der Waals surface area contributed by atoms with Crippen LogP contribution in [0.1, 0.15) is 40.7 Å². The van der Waals surface area contributed by atoms with Crippen LogP contribution in [-0.2, 0) is 9.53 Å². The Morgan fingerprint density at radius 1 is 1.45 bits per heavy atom. The lowest BCUT2D eigenvalue weighted by Gasteiger charge is -2.25. The van der Waals surface area contributed by atoms with Gasteiger partial charge in [0.1, 0.15) is 12.3 Å². The molecule has 0 aromatic carbocycles. The third-order valence-electron chi connectivity index (χ3n) is 3.18. The fraction of sp³-hybridized carbons (Fsp3) is 0.462. The highest BCUT2D eigenvalue weighted by molar-refractivity contribution is 5.97. The van der Waals surface area contributed by atoms with Crippen molar-refractivity contribution in [3.63, 3.8) is 0 Å². The Balaban J connectivity index is 2.21. The summed E-state index contributed by atoms with van der Waals surface area (Å²) < 4.78 is 9.57. The summed E-state index contributed by atoms with van der Waals surface area (Å²) >= 11 is 0. The van der Waals surface area contributed by atoms with Crippen LogP contribution in [0.25, 0.3) is 0 Å². The third kappa shape index (κ3) is 2.66. The van der Waals surface area contributed by atoms with Crippen LogP contribution in [0.3, 0.4) is 0 Å². The number of hydrogen-bond acceptors (Lipinski definition) is 5. The number of amides is 1. The van der Waals surface area contributed by atoms with Crippen molar-refractivity contribution in [1.82, 2.24) is 4.90 Å². The average molecular weight is 281 g/mol. The second-order valence-corrected chi connectivity index (χ2v) is 4.65. The molecule has 1 aromatic heterocycles. The molecule has 1 N–H and O–H groups in total. The highest BCUT2D eigenvalue weighted by Gasteiger charge is 2.40. The summed E-state index contributed by atoms with van der Waals surface area (Å²) in [5.41, 5.74) is 0.120. The van der Waals surface area contributed by atoms with E-state index < -0.39 is 23.9 Å². The molecule has 0 bridgehead atoms. The largest absolute Gasteiger partial charge is 0.480 e. The van der Waals surface area contributed by atoms with Crippen molar-refractivity contribution in [2.45, 2.75) is 31.8 Å². The van der Waals surface area contributed by atoms with E-state index in [-0.39, 0.29) is 17.4 Å². The highest BCUT2D eigenvalue weighted by Crippen LogP contribution is 2.30. The van der Waals surface area contributed by atoms with Gasteiger partial charge in [-0.25, -0.2) is 9.59 Å². The lowest BCUT2D eigenvalue weighted by Crippen LogP contribution is -2.44. The van der Waals surface area contributed by atoms with Crippen LogP contribution in [0.4, 0.5) is 0 Å². The normalized spacial score (nSPS) is 15.5. The van der Waals surface area contributed by atoms with Crippen LogP contribution >= 0.6 is 0 Å². The number of carboxylic acids is 1. The van der Waals surface area contributed by atoms with Crippen molar-refractivity contribution < 1.29 is 28.6 Å². The monoisotopic (exact) mass is 281 g/mol. The minimum Gasteiger partial charge on any atom is -0.480 e. The fourth-order valence-electron chi connectivity index (χ4n) is 1.93. The summed E-state index contributed by atoms with van der Waals surface area (Å²) in [6.45, 7) is 1.45. The highest BCUT2D eigenvalue weighted by atomic mass is 16.5. The topological polar surface area (TPSA) is 97.0 Å². The Hall–Kier alpha value is -2.31. The first-order valence-electron chi connectivity index (χ1n) is 6.18. The van der Waals surface area contributed by atoms with Crippen molar-refractivity contribution in [2.24, 2.45) is 0 Å². The summed E-state index contributed by atoms with van der Waals surface area (Å²) in [6, 6.07) is 0.236. The number of esters is 1. The molecule has 7 heteroatoms. The molecule has 1 fully saturated rings. The molecule has 0 radical (unpaired) electrons. The van der Waals surface area contributed by atoms with Crippen LogP contribution < -0.4 is 0 Å². The number of carbonyl (C=O) groups is 3. The summed E-state index contributed by atoms with van der Waals surface area (Å²) in [4.78, 5) is 36.0. The Morgan fingerprint density at radius 2 is 2.10 bits per heavy atom. The predicted octanol–water partition coefficient (Wildman–Crippen LogP) is 1.14. The molecule has 1 aliphatic rings. The maximum Gasteiger partial charge on any atom is 0.341 e. The molecule has 1 unspecified atom stereocenters. The van der Waals surface area contributed by atoms with E-state index >= 15 is 0 Å². The summed E-state index contributed by atoms with van der Waals surface area (Å²) in [5.74, 6) is -2.29. The number of rotatable bonds is 5. The van der Waals surface area contributed by atoms with Gasteiger partial charge in [0, 0.05) is 12.1 Å². The Morgan fingerprint density at radius 3 is 2.60 bits per heavy atom. The predicted molar refractivity (Wildman–Crippen MR) is 66.3 cm³/mol. The second-order valence-electron chi connectivity index (χ2n) is 4.65. The van der Waals surface area contributed by atoms with Gasteiger partial charge in [-0.05, 0) is 19.8 Å². The molecule has 1 aliphatic carbocycles. The van der Waals surface area contributed by atoms with E-state index in [1.165, 1.54) is 25.0 Å². The van der Waals surface area contributed by atoms with Gasteiger partial charge in [0.05, 0.1) is 12.7 Å². The van der Waals surface area contributed by atoms with Crippen molar-refractivity contribution in [3.05, 3.63) is 23.7 Å². The Labute approximate surface area is 115 Å². The molecule has 2 rings (SSSR count). The number of ether oxygens (including phenoxy) is 1. The van der Waals surface area contributed by atoms with Gasteiger partial charge in [0.15, 0.2) is 5.76 Å².